The molecule has 0 atom stereocenters. The molecule has 110 valence electrons. The molecule has 0 saturated carbocycles. The fraction of sp³-hybridized carbons (Fsp3) is 0.182. The van der Waals surface area contributed by atoms with E-state index in [1.807, 2.05) is 0 Å². The van der Waals surface area contributed by atoms with Crippen LogP contribution in [0.5, 0.6) is 0 Å². The van der Waals surface area contributed by atoms with E-state index < -0.39 is 0 Å². The molecule has 2 aromatic rings. The summed E-state index contributed by atoms with van der Waals surface area (Å²) < 4.78 is 0. The van der Waals surface area contributed by atoms with Gasteiger partial charge in [-0.25, -0.2) is 0 Å². The first-order chi connectivity index (χ1) is 10.6. The van der Waals surface area contributed by atoms with E-state index in [9.17, 15) is 0 Å². The smallest absolute Gasteiger partial charge is 0.00172 e. The highest BCUT2D eigenvalue weighted by molar-refractivity contribution is 5.74. The van der Waals surface area contributed by atoms with Crippen LogP contribution in [0, 0.1) is 13.8 Å². The zero-order valence-corrected chi connectivity index (χ0v) is 13.4. The first-order valence-electron chi connectivity index (χ1n) is 7.82. The van der Waals surface area contributed by atoms with Gasteiger partial charge in [0.05, 0.1) is 0 Å². The summed E-state index contributed by atoms with van der Waals surface area (Å²) in [6.07, 6.45) is 6.39. The second kappa shape index (κ2) is 6.19. The van der Waals surface area contributed by atoms with Crippen LogP contribution in [0.3, 0.4) is 0 Å². The lowest BCUT2D eigenvalue weighted by Gasteiger charge is -2.10. The predicted octanol–water partition coefficient (Wildman–Crippen LogP) is 5.82. The quantitative estimate of drug-likeness (QED) is 0.664. The third-order valence-electron chi connectivity index (χ3n) is 4.24. The van der Waals surface area contributed by atoms with Gasteiger partial charge in [-0.2, -0.15) is 0 Å². The van der Waals surface area contributed by atoms with Crippen molar-refractivity contribution >= 4 is 5.57 Å². The van der Waals surface area contributed by atoms with Gasteiger partial charge in [0, 0.05) is 0 Å². The molecule has 1 aliphatic rings. The molecule has 0 aromatic heterocycles. The highest BCUT2D eigenvalue weighted by Gasteiger charge is 2.13. The minimum absolute atomic E-state index is 0.933. The standard InChI is InChI=1S/C22H22/c1-16-7-9-20(10-8-16)22-12-11-21(15-22)18(3)14-19-6-4-5-17(2)13-19/h4-13H,3,14-15H2,1-2H3. The van der Waals surface area contributed by atoms with Crippen LogP contribution in [0.25, 0.3) is 5.57 Å². The topological polar surface area (TPSA) is 0 Å². The summed E-state index contributed by atoms with van der Waals surface area (Å²) in [6, 6.07) is 17.5. The Morgan fingerprint density at radius 2 is 1.73 bits per heavy atom. The summed E-state index contributed by atoms with van der Waals surface area (Å²) in [5.74, 6) is 0. The SMILES string of the molecule is C=C(Cc1cccc(C)c1)C1=CC=C(c2ccc(C)cc2)C1. The molecule has 0 radical (unpaired) electrons. The molecule has 0 unspecified atom stereocenters. The molecular formula is C22H22. The Bertz CT molecular complexity index is 755. The Labute approximate surface area is 133 Å². The van der Waals surface area contributed by atoms with Crippen LogP contribution in [0.4, 0.5) is 0 Å². The fourth-order valence-corrected chi connectivity index (χ4v) is 2.92. The number of rotatable bonds is 4. The molecule has 22 heavy (non-hydrogen) atoms. The number of hydrogen-bond donors (Lipinski definition) is 0. The Balaban J connectivity index is 1.66. The molecule has 0 heterocycles. The minimum Gasteiger partial charge on any atom is -0.0952 e. The van der Waals surface area contributed by atoms with Gasteiger partial charge in [-0.15, -0.1) is 0 Å². The average molecular weight is 286 g/mol. The molecule has 0 heteroatoms. The second-order valence-corrected chi connectivity index (χ2v) is 6.20. The molecule has 1 aliphatic carbocycles. The lowest BCUT2D eigenvalue weighted by atomic mass is 9.95. The van der Waals surface area contributed by atoms with Crippen molar-refractivity contribution in [2.24, 2.45) is 0 Å². The van der Waals surface area contributed by atoms with Crippen molar-refractivity contribution in [3.8, 4) is 0 Å². The third-order valence-corrected chi connectivity index (χ3v) is 4.24. The summed E-state index contributed by atoms with van der Waals surface area (Å²) >= 11 is 0. The summed E-state index contributed by atoms with van der Waals surface area (Å²) in [5, 5.41) is 0. The van der Waals surface area contributed by atoms with Gasteiger partial charge in [-0.3, -0.25) is 0 Å². The van der Waals surface area contributed by atoms with Crippen molar-refractivity contribution in [3.63, 3.8) is 0 Å². The van der Waals surface area contributed by atoms with E-state index in [1.165, 1.54) is 39.0 Å². The third kappa shape index (κ3) is 3.28. The van der Waals surface area contributed by atoms with Crippen molar-refractivity contribution < 1.29 is 0 Å². The molecule has 0 aliphatic heterocycles. The van der Waals surface area contributed by atoms with Crippen molar-refractivity contribution in [2.75, 3.05) is 0 Å². The van der Waals surface area contributed by atoms with Gasteiger partial charge in [0.1, 0.15) is 0 Å². The summed E-state index contributed by atoms with van der Waals surface area (Å²) in [4.78, 5) is 0. The fourth-order valence-electron chi connectivity index (χ4n) is 2.92. The van der Waals surface area contributed by atoms with E-state index >= 15 is 0 Å². The summed E-state index contributed by atoms with van der Waals surface area (Å²) in [5.41, 5.74) is 9.25. The zero-order valence-electron chi connectivity index (χ0n) is 13.4. The van der Waals surface area contributed by atoms with Gasteiger partial charge in [-0.1, -0.05) is 78.4 Å². The molecule has 0 bridgehead atoms. The number of hydrogen-bond acceptors (Lipinski definition) is 0. The molecule has 0 amide bonds. The average Bonchev–Trinajstić information content (AvgIpc) is 2.98. The summed E-state index contributed by atoms with van der Waals surface area (Å²) in [6.45, 7) is 8.56. The minimum atomic E-state index is 0.933. The van der Waals surface area contributed by atoms with Crippen LogP contribution < -0.4 is 0 Å². The maximum absolute atomic E-state index is 4.30. The van der Waals surface area contributed by atoms with Crippen molar-refractivity contribution in [3.05, 3.63) is 101 Å². The maximum atomic E-state index is 4.30. The second-order valence-electron chi connectivity index (χ2n) is 6.20. The highest BCUT2D eigenvalue weighted by Crippen LogP contribution is 2.32. The van der Waals surface area contributed by atoms with Crippen molar-refractivity contribution in [2.45, 2.75) is 26.7 Å². The van der Waals surface area contributed by atoms with E-state index in [4.69, 9.17) is 0 Å². The van der Waals surface area contributed by atoms with Gasteiger partial charge in [-0.05, 0) is 54.5 Å². The highest BCUT2D eigenvalue weighted by atomic mass is 14.2. The van der Waals surface area contributed by atoms with Gasteiger partial charge in [0.2, 0.25) is 0 Å². The molecule has 0 spiro atoms. The maximum Gasteiger partial charge on any atom is -0.00172 e. The Morgan fingerprint density at radius 1 is 0.955 bits per heavy atom. The molecule has 0 N–H and O–H groups in total. The number of aryl methyl sites for hydroxylation is 2. The molecule has 0 fully saturated rings. The van der Waals surface area contributed by atoms with Crippen LogP contribution in [0.2, 0.25) is 0 Å². The Morgan fingerprint density at radius 3 is 2.45 bits per heavy atom. The van der Waals surface area contributed by atoms with Crippen LogP contribution in [-0.2, 0) is 6.42 Å². The zero-order chi connectivity index (χ0) is 15.5. The molecular weight excluding hydrogens is 264 g/mol. The lowest BCUT2D eigenvalue weighted by Crippen LogP contribution is -1.94. The molecule has 2 aromatic carbocycles. The normalized spacial score (nSPS) is 13.7. The predicted molar refractivity (Wildman–Crippen MR) is 95.9 cm³/mol. The summed E-state index contributed by atoms with van der Waals surface area (Å²) in [7, 11) is 0. The van der Waals surface area contributed by atoms with Crippen LogP contribution in [-0.4, -0.2) is 0 Å². The van der Waals surface area contributed by atoms with Crippen LogP contribution in [0.1, 0.15) is 28.7 Å². The first kappa shape index (κ1) is 14.6. The van der Waals surface area contributed by atoms with E-state index in [2.05, 4.69) is 81.1 Å². The Kier molecular flexibility index (Phi) is 4.11. The van der Waals surface area contributed by atoms with Gasteiger partial charge < -0.3 is 0 Å². The molecule has 0 saturated heterocycles. The van der Waals surface area contributed by atoms with Crippen molar-refractivity contribution in [1.82, 2.24) is 0 Å². The van der Waals surface area contributed by atoms with E-state index in [-0.39, 0.29) is 0 Å². The molecule has 3 rings (SSSR count). The first-order valence-corrected chi connectivity index (χ1v) is 7.82. The number of benzene rings is 2. The van der Waals surface area contributed by atoms with E-state index in [1.54, 1.807) is 0 Å². The van der Waals surface area contributed by atoms with E-state index in [0.29, 0.717) is 0 Å². The van der Waals surface area contributed by atoms with Crippen molar-refractivity contribution in [1.29, 1.82) is 0 Å². The lowest BCUT2D eigenvalue weighted by molar-refractivity contribution is 1.12. The van der Waals surface area contributed by atoms with Crippen LogP contribution in [0.15, 0.2) is 78.4 Å². The molecule has 0 nitrogen and oxygen atoms in total. The van der Waals surface area contributed by atoms with E-state index in [0.717, 1.165) is 12.8 Å². The number of allylic oxidation sites excluding steroid dienone is 5. The van der Waals surface area contributed by atoms with Gasteiger partial charge in [0.15, 0.2) is 0 Å². The Hall–Kier alpha value is -2.34. The van der Waals surface area contributed by atoms with Crippen LogP contribution >= 0.6 is 0 Å². The van der Waals surface area contributed by atoms with Gasteiger partial charge >= 0.3 is 0 Å². The monoisotopic (exact) mass is 286 g/mol. The largest absolute Gasteiger partial charge is 0.0952 e. The van der Waals surface area contributed by atoms with Gasteiger partial charge in [0.25, 0.3) is 0 Å².